The molecule has 26 heavy (non-hydrogen) atoms. The fourth-order valence-corrected chi connectivity index (χ4v) is 4.06. The van der Waals surface area contributed by atoms with Gasteiger partial charge in [0.25, 0.3) is 0 Å². The minimum Gasteiger partial charge on any atom is -0.496 e. The first-order chi connectivity index (χ1) is 12.2. The first kappa shape index (κ1) is 20.5. The van der Waals surface area contributed by atoms with Gasteiger partial charge >= 0.3 is 5.97 Å². The highest BCUT2D eigenvalue weighted by Gasteiger charge is 2.33. The van der Waals surface area contributed by atoms with E-state index in [0.717, 1.165) is 4.31 Å². The van der Waals surface area contributed by atoms with E-state index < -0.39 is 22.0 Å². The van der Waals surface area contributed by atoms with Crippen molar-refractivity contribution in [3.63, 3.8) is 0 Å². The average Bonchev–Trinajstić information content (AvgIpc) is 2.59. The van der Waals surface area contributed by atoms with Gasteiger partial charge in [-0.05, 0) is 48.0 Å². The van der Waals surface area contributed by atoms with Gasteiger partial charge in [-0.25, -0.2) is 8.42 Å². The smallest absolute Gasteiger partial charge is 0.322 e. The number of benzene rings is 2. The van der Waals surface area contributed by atoms with Gasteiger partial charge < -0.3 is 9.84 Å². The van der Waals surface area contributed by atoms with Crippen LogP contribution in [0.15, 0.2) is 47.4 Å². The molecule has 1 N–H and O–H groups in total. The third-order valence-electron chi connectivity index (χ3n) is 3.87. The topological polar surface area (TPSA) is 83.9 Å². The molecule has 0 amide bonds. The molecule has 0 saturated carbocycles. The molecule has 9 heteroatoms. The molecule has 0 aliphatic rings. The summed E-state index contributed by atoms with van der Waals surface area (Å²) in [6.45, 7) is 0. The van der Waals surface area contributed by atoms with Gasteiger partial charge in [-0.3, -0.25) is 4.79 Å². The number of rotatable bonds is 7. The van der Waals surface area contributed by atoms with E-state index in [4.69, 9.17) is 27.9 Å². The van der Waals surface area contributed by atoms with E-state index >= 15 is 0 Å². The molecule has 2 rings (SSSR count). The van der Waals surface area contributed by atoms with Crippen LogP contribution in [-0.2, 0) is 21.2 Å². The number of aliphatic carboxylic acids is 1. The fourth-order valence-electron chi connectivity index (χ4n) is 2.43. The molecular weight excluding hydrogens is 401 g/mol. The van der Waals surface area contributed by atoms with Crippen LogP contribution in [0.4, 0.5) is 0 Å². The summed E-state index contributed by atoms with van der Waals surface area (Å²) in [5, 5.41) is 10.4. The molecular formula is C17H17Cl2NO5S. The second-order valence-electron chi connectivity index (χ2n) is 5.49. The number of sulfonamides is 1. The van der Waals surface area contributed by atoms with Crippen molar-refractivity contribution in [3.05, 3.63) is 58.1 Å². The number of nitrogens with zero attached hydrogens (tertiary/aromatic N) is 1. The van der Waals surface area contributed by atoms with Crippen LogP contribution >= 0.6 is 23.2 Å². The van der Waals surface area contributed by atoms with E-state index in [1.807, 2.05) is 0 Å². The molecule has 2 aromatic rings. The molecule has 6 nitrogen and oxygen atoms in total. The molecule has 0 radical (unpaired) electrons. The normalized spacial score (nSPS) is 12.8. The summed E-state index contributed by atoms with van der Waals surface area (Å²) < 4.78 is 31.6. The van der Waals surface area contributed by atoms with Gasteiger partial charge in [0, 0.05) is 23.5 Å². The number of methoxy groups -OCH3 is 1. The summed E-state index contributed by atoms with van der Waals surface area (Å²) in [6, 6.07) is 8.93. The maximum Gasteiger partial charge on any atom is 0.322 e. The Morgan fingerprint density at radius 1 is 1.15 bits per heavy atom. The van der Waals surface area contributed by atoms with Crippen LogP contribution in [0.2, 0.25) is 10.0 Å². The molecule has 0 fully saturated rings. The quantitative estimate of drug-likeness (QED) is 0.746. The van der Waals surface area contributed by atoms with Gasteiger partial charge in [0.05, 0.1) is 12.0 Å². The first-order valence-electron chi connectivity index (χ1n) is 7.45. The second-order valence-corrected chi connectivity index (χ2v) is 8.36. The minimum absolute atomic E-state index is 0.0475. The highest BCUT2D eigenvalue weighted by atomic mass is 35.5. The van der Waals surface area contributed by atoms with Crippen molar-refractivity contribution in [2.24, 2.45) is 0 Å². The van der Waals surface area contributed by atoms with Crippen LogP contribution in [0.1, 0.15) is 5.56 Å². The SMILES string of the molecule is COc1ccc(Cl)cc1C[C@@H](C(=O)O)N(C)S(=O)(=O)c1ccc(Cl)cc1. The lowest BCUT2D eigenvalue weighted by Gasteiger charge is -2.25. The predicted octanol–water partition coefficient (Wildman–Crippen LogP) is 3.32. The van der Waals surface area contributed by atoms with E-state index in [1.54, 1.807) is 18.2 Å². The number of ether oxygens (including phenoxy) is 1. The number of likely N-dealkylation sites (N-methyl/N-ethyl adjacent to an activating group) is 1. The summed E-state index contributed by atoms with van der Waals surface area (Å²) in [5.74, 6) is -0.856. The van der Waals surface area contributed by atoms with E-state index in [1.165, 1.54) is 38.4 Å². The molecule has 140 valence electrons. The molecule has 2 aromatic carbocycles. The molecule has 0 spiro atoms. The van der Waals surface area contributed by atoms with Crippen molar-refractivity contribution in [3.8, 4) is 5.75 Å². The van der Waals surface area contributed by atoms with Crippen molar-refractivity contribution in [1.82, 2.24) is 4.31 Å². The van der Waals surface area contributed by atoms with Crippen molar-refractivity contribution >= 4 is 39.2 Å². The maximum absolute atomic E-state index is 12.8. The van der Waals surface area contributed by atoms with Crippen molar-refractivity contribution < 1.29 is 23.1 Å². The Hall–Kier alpha value is -1.80. The molecule has 0 heterocycles. The number of carboxylic acids is 1. The fraction of sp³-hybridized carbons (Fsp3) is 0.235. The third-order valence-corrected chi connectivity index (χ3v) is 6.24. The lowest BCUT2D eigenvalue weighted by Crippen LogP contribution is -2.43. The standard InChI is InChI=1S/C17H17Cl2NO5S/c1-20(26(23,24)14-6-3-12(18)4-7-14)15(17(21)22)10-11-9-13(19)5-8-16(11)25-2/h3-9,15H,10H2,1-2H3,(H,21,22)/t15-/m0/s1. The minimum atomic E-state index is -4.03. The number of halogens is 2. The van der Waals surface area contributed by atoms with Crippen LogP contribution in [0.25, 0.3) is 0 Å². The van der Waals surface area contributed by atoms with Crippen LogP contribution in [0.3, 0.4) is 0 Å². The van der Waals surface area contributed by atoms with E-state index in [-0.39, 0.29) is 11.3 Å². The molecule has 0 unspecified atom stereocenters. The van der Waals surface area contributed by atoms with Gasteiger partial charge in [-0.1, -0.05) is 23.2 Å². The lowest BCUT2D eigenvalue weighted by molar-refractivity contribution is -0.141. The van der Waals surface area contributed by atoms with Gasteiger partial charge in [0.1, 0.15) is 11.8 Å². The summed E-state index contributed by atoms with van der Waals surface area (Å²) >= 11 is 11.8. The Balaban J connectivity index is 2.39. The van der Waals surface area contributed by atoms with Gasteiger partial charge in [0.15, 0.2) is 0 Å². The largest absolute Gasteiger partial charge is 0.496 e. The van der Waals surface area contributed by atoms with E-state index in [2.05, 4.69) is 0 Å². The first-order valence-corrected chi connectivity index (χ1v) is 9.65. The maximum atomic E-state index is 12.8. The number of carboxylic acid groups (broad SMARTS) is 1. The zero-order valence-corrected chi connectivity index (χ0v) is 16.3. The Morgan fingerprint density at radius 3 is 2.27 bits per heavy atom. The van der Waals surface area contributed by atoms with Crippen molar-refractivity contribution in [1.29, 1.82) is 0 Å². The monoisotopic (exact) mass is 417 g/mol. The predicted molar refractivity (Wildman–Crippen MR) is 99.5 cm³/mol. The zero-order chi connectivity index (χ0) is 19.5. The van der Waals surface area contributed by atoms with Crippen molar-refractivity contribution in [2.45, 2.75) is 17.4 Å². The Morgan fingerprint density at radius 2 is 1.73 bits per heavy atom. The van der Waals surface area contributed by atoms with Crippen LogP contribution in [-0.4, -0.2) is 44.0 Å². The van der Waals surface area contributed by atoms with Gasteiger partial charge in [-0.15, -0.1) is 0 Å². The number of hydrogen-bond acceptors (Lipinski definition) is 4. The molecule has 0 aliphatic heterocycles. The lowest BCUT2D eigenvalue weighted by atomic mass is 10.1. The second kappa shape index (κ2) is 8.26. The van der Waals surface area contributed by atoms with Crippen LogP contribution in [0.5, 0.6) is 5.75 Å². The number of hydrogen-bond donors (Lipinski definition) is 1. The van der Waals surface area contributed by atoms with Gasteiger partial charge in [0.2, 0.25) is 10.0 Å². The zero-order valence-electron chi connectivity index (χ0n) is 14.0. The molecule has 0 saturated heterocycles. The van der Waals surface area contributed by atoms with E-state index in [9.17, 15) is 18.3 Å². The summed E-state index contributed by atoms with van der Waals surface area (Å²) in [4.78, 5) is 11.7. The van der Waals surface area contributed by atoms with Crippen LogP contribution < -0.4 is 4.74 Å². The highest BCUT2D eigenvalue weighted by Crippen LogP contribution is 2.27. The molecule has 0 bridgehead atoms. The van der Waals surface area contributed by atoms with Crippen LogP contribution in [0, 0.1) is 0 Å². The summed E-state index contributed by atoms with van der Waals surface area (Å²) in [7, 11) is -1.37. The van der Waals surface area contributed by atoms with E-state index in [0.29, 0.717) is 21.4 Å². The molecule has 0 aromatic heterocycles. The Labute approximate surface area is 162 Å². The highest BCUT2D eigenvalue weighted by molar-refractivity contribution is 7.89. The molecule has 0 aliphatic carbocycles. The summed E-state index contributed by atoms with van der Waals surface area (Å²) in [5.41, 5.74) is 0.491. The third kappa shape index (κ3) is 4.48. The molecule has 1 atom stereocenters. The Bertz CT molecular complexity index is 900. The summed E-state index contributed by atoms with van der Waals surface area (Å²) in [6.07, 6.45) is -0.109. The van der Waals surface area contributed by atoms with Crippen molar-refractivity contribution in [2.75, 3.05) is 14.2 Å². The Kier molecular flexibility index (Phi) is 6.52. The van der Waals surface area contributed by atoms with Gasteiger partial charge in [-0.2, -0.15) is 4.31 Å². The average molecular weight is 418 g/mol. The number of carbonyl (C=O) groups is 1.